The van der Waals surface area contributed by atoms with Gasteiger partial charge in [0.25, 0.3) is 0 Å². The predicted molar refractivity (Wildman–Crippen MR) is 76.0 cm³/mol. The molecule has 0 amide bonds. The summed E-state index contributed by atoms with van der Waals surface area (Å²) in [7, 11) is 0. The Bertz CT molecular complexity index is 521. The Morgan fingerprint density at radius 2 is 2.32 bits per heavy atom. The van der Waals surface area contributed by atoms with Crippen molar-refractivity contribution in [3.63, 3.8) is 0 Å². The van der Waals surface area contributed by atoms with Crippen LogP contribution in [0.15, 0.2) is 36.9 Å². The van der Waals surface area contributed by atoms with Gasteiger partial charge in [-0.05, 0) is 42.9 Å². The molecule has 3 rings (SSSR count). The van der Waals surface area contributed by atoms with Crippen LogP contribution >= 0.6 is 0 Å². The van der Waals surface area contributed by atoms with Crippen LogP contribution in [0.3, 0.4) is 0 Å². The average Bonchev–Trinajstić information content (AvgIpc) is 3.02. The molecule has 4 nitrogen and oxygen atoms in total. The number of anilines is 1. The number of aromatic nitrogens is 3. The summed E-state index contributed by atoms with van der Waals surface area (Å²) in [4.78, 5) is 3.97. The minimum atomic E-state index is 0.636. The fourth-order valence-corrected chi connectivity index (χ4v) is 2.83. The molecule has 2 aromatic rings. The second kappa shape index (κ2) is 5.43. The molecule has 4 heteroatoms. The van der Waals surface area contributed by atoms with E-state index < -0.39 is 0 Å². The first-order chi connectivity index (χ1) is 9.29. The fraction of sp³-hybridized carbons (Fsp3) is 0.467. The maximum Gasteiger partial charge on any atom is 0.137 e. The van der Waals surface area contributed by atoms with Crippen LogP contribution in [0.5, 0.6) is 0 Å². The van der Waals surface area contributed by atoms with Gasteiger partial charge in [0.05, 0.1) is 6.54 Å². The van der Waals surface area contributed by atoms with Gasteiger partial charge in [-0.3, -0.25) is 0 Å². The zero-order chi connectivity index (χ0) is 13.1. The topological polar surface area (TPSA) is 42.7 Å². The Hall–Kier alpha value is -1.84. The van der Waals surface area contributed by atoms with Crippen molar-refractivity contribution in [3.05, 3.63) is 42.5 Å². The Labute approximate surface area is 113 Å². The third kappa shape index (κ3) is 3.13. The van der Waals surface area contributed by atoms with E-state index in [1.54, 1.807) is 12.7 Å². The number of nitrogens with zero attached hydrogens (tertiary/aromatic N) is 3. The van der Waals surface area contributed by atoms with Crippen molar-refractivity contribution in [3.8, 4) is 0 Å². The number of benzene rings is 1. The highest BCUT2D eigenvalue weighted by Gasteiger charge is 2.20. The quantitative estimate of drug-likeness (QED) is 0.914. The second-order valence-corrected chi connectivity index (χ2v) is 5.55. The minimum Gasteiger partial charge on any atom is -0.382 e. The smallest absolute Gasteiger partial charge is 0.137 e. The first-order valence-corrected chi connectivity index (χ1v) is 6.97. The summed E-state index contributed by atoms with van der Waals surface area (Å²) in [6.07, 6.45) is 7.23. The summed E-state index contributed by atoms with van der Waals surface area (Å²) in [5, 5.41) is 7.79. The summed E-state index contributed by atoms with van der Waals surface area (Å²) in [6, 6.07) is 9.23. The van der Waals surface area contributed by atoms with Gasteiger partial charge < -0.3 is 5.32 Å². The lowest BCUT2D eigenvalue weighted by atomic mass is 10.1. The van der Waals surface area contributed by atoms with Crippen LogP contribution in [-0.4, -0.2) is 20.8 Å². The van der Waals surface area contributed by atoms with Gasteiger partial charge in [0.2, 0.25) is 0 Å². The Morgan fingerprint density at radius 3 is 3.05 bits per heavy atom. The van der Waals surface area contributed by atoms with Crippen molar-refractivity contribution in [1.29, 1.82) is 0 Å². The van der Waals surface area contributed by atoms with E-state index >= 15 is 0 Å². The Morgan fingerprint density at radius 1 is 1.37 bits per heavy atom. The molecule has 0 spiro atoms. The van der Waals surface area contributed by atoms with Crippen molar-refractivity contribution in [1.82, 2.24) is 14.8 Å². The van der Waals surface area contributed by atoms with Crippen LogP contribution in [0.4, 0.5) is 5.69 Å². The van der Waals surface area contributed by atoms with Crippen LogP contribution in [0, 0.1) is 5.92 Å². The Kier molecular flexibility index (Phi) is 3.49. The van der Waals surface area contributed by atoms with Crippen molar-refractivity contribution >= 4 is 5.69 Å². The molecule has 1 fully saturated rings. The molecule has 2 atom stereocenters. The molecular weight excluding hydrogens is 236 g/mol. The van der Waals surface area contributed by atoms with Gasteiger partial charge in [0.15, 0.2) is 0 Å². The van der Waals surface area contributed by atoms with Crippen LogP contribution in [0.25, 0.3) is 0 Å². The van der Waals surface area contributed by atoms with Crippen LogP contribution in [0.2, 0.25) is 0 Å². The lowest BCUT2D eigenvalue weighted by Gasteiger charge is -2.14. The zero-order valence-electron chi connectivity index (χ0n) is 11.3. The fourth-order valence-electron chi connectivity index (χ4n) is 2.83. The molecule has 19 heavy (non-hydrogen) atoms. The molecule has 100 valence electrons. The van der Waals surface area contributed by atoms with Gasteiger partial charge in [-0.25, -0.2) is 9.67 Å². The molecule has 0 aliphatic heterocycles. The second-order valence-electron chi connectivity index (χ2n) is 5.55. The van der Waals surface area contributed by atoms with E-state index in [9.17, 15) is 0 Å². The summed E-state index contributed by atoms with van der Waals surface area (Å²) in [5.74, 6) is 0.857. The summed E-state index contributed by atoms with van der Waals surface area (Å²) in [6.45, 7) is 3.11. The van der Waals surface area contributed by atoms with Crippen molar-refractivity contribution in [2.45, 2.75) is 38.8 Å². The molecule has 0 bridgehead atoms. The van der Waals surface area contributed by atoms with Gasteiger partial charge in [-0.2, -0.15) is 5.10 Å². The van der Waals surface area contributed by atoms with Gasteiger partial charge in [0.1, 0.15) is 12.7 Å². The van der Waals surface area contributed by atoms with Crippen LogP contribution < -0.4 is 5.32 Å². The van der Waals surface area contributed by atoms with Crippen molar-refractivity contribution in [2.24, 2.45) is 5.92 Å². The molecular formula is C15H20N4. The summed E-state index contributed by atoms with van der Waals surface area (Å²) >= 11 is 0. The minimum absolute atomic E-state index is 0.636. The number of hydrogen-bond donors (Lipinski definition) is 1. The Balaban J connectivity index is 1.66. The number of rotatable bonds is 4. The third-order valence-corrected chi connectivity index (χ3v) is 3.80. The number of nitrogens with one attached hydrogen (secondary N) is 1. The molecule has 0 saturated heterocycles. The highest BCUT2D eigenvalue weighted by atomic mass is 15.3. The molecule has 1 aliphatic rings. The molecule has 1 saturated carbocycles. The number of hydrogen-bond acceptors (Lipinski definition) is 3. The first kappa shape index (κ1) is 12.2. The highest BCUT2D eigenvalue weighted by Crippen LogP contribution is 2.27. The standard InChI is InChI=1S/C15H20N4/c1-12-5-6-15(7-12)18-14-4-2-3-13(8-14)9-19-11-16-10-17-19/h2-4,8,10-12,15,18H,5-7,9H2,1H3. The molecule has 1 aromatic heterocycles. The van der Waals surface area contributed by atoms with Gasteiger partial charge >= 0.3 is 0 Å². The van der Waals surface area contributed by atoms with Gasteiger partial charge in [-0.15, -0.1) is 0 Å². The van der Waals surface area contributed by atoms with Crippen molar-refractivity contribution < 1.29 is 0 Å². The molecule has 0 radical (unpaired) electrons. The lowest BCUT2D eigenvalue weighted by molar-refractivity contribution is 0.602. The van der Waals surface area contributed by atoms with Gasteiger partial charge in [-0.1, -0.05) is 19.1 Å². The molecule has 1 aliphatic carbocycles. The third-order valence-electron chi connectivity index (χ3n) is 3.80. The van der Waals surface area contributed by atoms with E-state index in [0.717, 1.165) is 12.5 Å². The molecule has 1 aromatic carbocycles. The largest absolute Gasteiger partial charge is 0.382 e. The molecule has 1 heterocycles. The lowest BCUT2D eigenvalue weighted by Crippen LogP contribution is -2.15. The molecule has 2 unspecified atom stereocenters. The predicted octanol–water partition coefficient (Wildman–Crippen LogP) is 2.93. The SMILES string of the molecule is CC1CCC(Nc2cccc(Cn3cncn3)c2)C1. The van der Waals surface area contributed by atoms with Gasteiger partial charge in [0, 0.05) is 11.7 Å². The zero-order valence-corrected chi connectivity index (χ0v) is 11.3. The summed E-state index contributed by atoms with van der Waals surface area (Å²) in [5.41, 5.74) is 2.47. The molecule has 1 N–H and O–H groups in total. The first-order valence-electron chi connectivity index (χ1n) is 6.97. The monoisotopic (exact) mass is 256 g/mol. The van der Waals surface area contributed by atoms with E-state index in [1.807, 2.05) is 4.68 Å². The maximum absolute atomic E-state index is 4.14. The van der Waals surface area contributed by atoms with E-state index in [4.69, 9.17) is 0 Å². The average molecular weight is 256 g/mol. The highest BCUT2D eigenvalue weighted by molar-refractivity contribution is 5.46. The van der Waals surface area contributed by atoms with E-state index in [-0.39, 0.29) is 0 Å². The normalized spacial score (nSPS) is 22.6. The summed E-state index contributed by atoms with van der Waals surface area (Å²) < 4.78 is 1.84. The van der Waals surface area contributed by atoms with Crippen molar-refractivity contribution in [2.75, 3.05) is 5.32 Å². The maximum atomic E-state index is 4.14. The van der Waals surface area contributed by atoms with E-state index in [2.05, 4.69) is 46.6 Å². The van der Waals surface area contributed by atoms with E-state index in [1.165, 1.54) is 30.5 Å². The van der Waals surface area contributed by atoms with Crippen LogP contribution in [0.1, 0.15) is 31.7 Å². The van der Waals surface area contributed by atoms with E-state index in [0.29, 0.717) is 6.04 Å². The van der Waals surface area contributed by atoms with Crippen LogP contribution in [-0.2, 0) is 6.54 Å².